The molecule has 0 aliphatic carbocycles. The number of ether oxygens (including phenoxy) is 6. The number of carbonyl (C=O) groups is 4. The molecule has 0 saturated heterocycles. The van der Waals surface area contributed by atoms with E-state index in [4.69, 9.17) is 28.4 Å². The van der Waals surface area contributed by atoms with Gasteiger partial charge in [-0.2, -0.15) is 0 Å². The van der Waals surface area contributed by atoms with Gasteiger partial charge in [0.05, 0.1) is 25.0 Å². The number of rotatable bonds is 18. The van der Waals surface area contributed by atoms with Crippen LogP contribution in [0.3, 0.4) is 0 Å². The largest absolute Gasteiger partial charge is 0.497 e. The minimum atomic E-state index is -0.521. The van der Waals surface area contributed by atoms with Gasteiger partial charge in [-0.3, -0.25) is 9.59 Å². The van der Waals surface area contributed by atoms with Crippen LogP contribution >= 0.6 is 0 Å². The molecule has 382 valence electrons. The predicted molar refractivity (Wildman–Crippen MR) is 290 cm³/mol. The minimum absolute atomic E-state index is 0.106. The van der Waals surface area contributed by atoms with Gasteiger partial charge in [0.1, 0.15) is 34.5 Å². The van der Waals surface area contributed by atoms with Gasteiger partial charge in [0.25, 0.3) is 0 Å². The van der Waals surface area contributed by atoms with E-state index < -0.39 is 22.8 Å². The molecule has 0 bridgehead atoms. The van der Waals surface area contributed by atoms with Gasteiger partial charge in [-0.25, -0.2) is 9.59 Å². The van der Waals surface area contributed by atoms with Crippen molar-refractivity contribution in [3.8, 4) is 34.5 Å². The van der Waals surface area contributed by atoms with E-state index in [-0.39, 0.29) is 17.9 Å². The van der Waals surface area contributed by atoms with Crippen molar-refractivity contribution in [2.45, 2.75) is 101 Å². The fourth-order valence-electron chi connectivity index (χ4n) is 7.22. The lowest BCUT2D eigenvalue weighted by Crippen LogP contribution is -2.28. The second-order valence-electron chi connectivity index (χ2n) is 19.5. The van der Waals surface area contributed by atoms with E-state index in [1.807, 2.05) is 184 Å². The van der Waals surface area contributed by atoms with Gasteiger partial charge in [0.2, 0.25) is 0 Å². The highest BCUT2D eigenvalue weighted by Crippen LogP contribution is 2.33. The van der Waals surface area contributed by atoms with Crippen LogP contribution < -0.4 is 28.4 Å². The summed E-state index contributed by atoms with van der Waals surface area (Å²) in [6.45, 7) is 21.4. The van der Waals surface area contributed by atoms with Crippen molar-refractivity contribution >= 4 is 36.0 Å². The quantitative estimate of drug-likeness (QED) is 0.0467. The Morgan fingerprint density at radius 2 is 0.795 bits per heavy atom. The summed E-state index contributed by atoms with van der Waals surface area (Å²) in [4.78, 5) is 49.5. The molecule has 0 N–H and O–H groups in total. The third-order valence-corrected chi connectivity index (χ3v) is 13.0. The zero-order chi connectivity index (χ0) is 53.5. The lowest BCUT2D eigenvalue weighted by Gasteiger charge is -2.21. The number of hydrogen-bond acceptors (Lipinski definition) is 10. The second kappa shape index (κ2) is 25.6. The number of benzene rings is 6. The third kappa shape index (κ3) is 16.1. The average molecular weight is 987 g/mol. The molecular weight excluding hydrogens is 917 g/mol. The molecule has 0 aliphatic rings. The van der Waals surface area contributed by atoms with Crippen LogP contribution in [0, 0.1) is 38.5 Å². The number of hydrogen-bond donors (Lipinski definition) is 0. The molecule has 10 heteroatoms. The summed E-state index contributed by atoms with van der Waals surface area (Å²) < 4.78 is 32.7. The van der Waals surface area contributed by atoms with Crippen molar-refractivity contribution in [1.29, 1.82) is 0 Å². The molecule has 0 fully saturated rings. The van der Waals surface area contributed by atoms with Gasteiger partial charge in [-0.05, 0) is 191 Å². The zero-order valence-corrected chi connectivity index (χ0v) is 44.6. The smallest absolute Gasteiger partial charge is 0.336 e. The molecule has 0 heterocycles. The molecule has 0 aliphatic heterocycles. The maximum absolute atomic E-state index is 12.5. The molecule has 0 spiro atoms. The molecule has 0 radical (unpaired) electrons. The number of aryl methyl sites for hydroxylation is 4. The first kappa shape index (κ1) is 56.2. The van der Waals surface area contributed by atoms with Crippen molar-refractivity contribution < 1.29 is 47.6 Å². The summed E-state index contributed by atoms with van der Waals surface area (Å²) in [5.41, 5.74) is 8.71. The number of methoxy groups -OCH3 is 2. The summed E-state index contributed by atoms with van der Waals surface area (Å²) in [6.07, 6.45) is 8.38. The lowest BCUT2D eigenvalue weighted by molar-refractivity contribution is -0.144. The van der Waals surface area contributed by atoms with Crippen LogP contribution in [-0.4, -0.2) is 38.1 Å². The van der Waals surface area contributed by atoms with Gasteiger partial charge < -0.3 is 28.4 Å². The molecule has 1 atom stereocenters. The van der Waals surface area contributed by atoms with E-state index >= 15 is 0 Å². The Morgan fingerprint density at radius 1 is 0.466 bits per heavy atom. The first-order valence-electron chi connectivity index (χ1n) is 24.6. The molecule has 0 amide bonds. The fourth-order valence-corrected chi connectivity index (χ4v) is 7.22. The Kier molecular flexibility index (Phi) is 19.7. The molecule has 0 saturated carbocycles. The Morgan fingerprint density at radius 3 is 1.11 bits per heavy atom. The summed E-state index contributed by atoms with van der Waals surface area (Å²) in [5.74, 6) is 2.53. The number of carbonyl (C=O) groups excluding carboxylic acids is 4. The summed E-state index contributed by atoms with van der Waals surface area (Å²) >= 11 is 0. The van der Waals surface area contributed by atoms with Gasteiger partial charge in [0, 0.05) is 18.1 Å². The predicted octanol–water partition coefficient (Wildman–Crippen LogP) is 14.3. The van der Waals surface area contributed by atoms with Gasteiger partial charge in [0.15, 0.2) is 0 Å². The summed E-state index contributed by atoms with van der Waals surface area (Å²) in [7, 11) is 3.22. The highest BCUT2D eigenvalue weighted by atomic mass is 16.5. The van der Waals surface area contributed by atoms with Crippen LogP contribution in [0.2, 0.25) is 0 Å². The highest BCUT2D eigenvalue weighted by molar-refractivity contribution is 5.89. The normalized spacial score (nSPS) is 11.8. The van der Waals surface area contributed by atoms with E-state index in [2.05, 4.69) is 13.0 Å². The Balaban J connectivity index is 0.000000271. The van der Waals surface area contributed by atoms with Crippen molar-refractivity contribution in [3.63, 3.8) is 0 Å². The van der Waals surface area contributed by atoms with E-state index in [1.54, 1.807) is 26.4 Å². The van der Waals surface area contributed by atoms with Crippen LogP contribution in [-0.2, 0) is 25.6 Å². The molecule has 1 unspecified atom stereocenters. The summed E-state index contributed by atoms with van der Waals surface area (Å²) in [5, 5.41) is 0. The molecule has 6 rings (SSSR count). The van der Waals surface area contributed by atoms with Gasteiger partial charge >= 0.3 is 23.9 Å². The molecule has 6 aromatic rings. The second-order valence-corrected chi connectivity index (χ2v) is 19.5. The third-order valence-electron chi connectivity index (χ3n) is 13.0. The Hall–Kier alpha value is -7.72. The fraction of sp³-hybridized carbons (Fsp3) is 0.302. The lowest BCUT2D eigenvalue weighted by atomic mass is 9.90. The van der Waals surface area contributed by atoms with E-state index in [0.29, 0.717) is 42.3 Å². The van der Waals surface area contributed by atoms with Crippen LogP contribution in [0.1, 0.15) is 123 Å². The first-order chi connectivity index (χ1) is 34.6. The van der Waals surface area contributed by atoms with Crippen LogP contribution in [0.15, 0.2) is 133 Å². The van der Waals surface area contributed by atoms with Crippen LogP contribution in [0.25, 0.3) is 12.2 Å². The maximum atomic E-state index is 12.5. The van der Waals surface area contributed by atoms with Crippen molar-refractivity contribution in [1.82, 2.24) is 0 Å². The number of esters is 4. The van der Waals surface area contributed by atoms with Gasteiger partial charge in [-0.15, -0.1) is 0 Å². The highest BCUT2D eigenvalue weighted by Gasteiger charge is 2.29. The Labute approximate surface area is 432 Å². The van der Waals surface area contributed by atoms with Crippen molar-refractivity contribution in [2.24, 2.45) is 10.8 Å². The van der Waals surface area contributed by atoms with Crippen molar-refractivity contribution in [2.75, 3.05) is 14.2 Å². The van der Waals surface area contributed by atoms with Crippen LogP contribution in [0.4, 0.5) is 0 Å². The van der Waals surface area contributed by atoms with E-state index in [9.17, 15) is 19.2 Å². The molecule has 0 aromatic heterocycles. The monoisotopic (exact) mass is 986 g/mol. The van der Waals surface area contributed by atoms with E-state index in [1.165, 1.54) is 12.2 Å². The standard InChI is InChI=1S/C32H36O5.C31H34O5/c1-8-32(5,6)31(34)37-29-17-13-26(20-22(29)3)23(4)25-12-16-28(21(2)19-25)36-30(33)18-11-24-9-14-27(35-7)15-10-24;1-7-31(4,5)30(33)36-28-16-11-25(19-22(28)3)20-24-10-15-27(21(2)18-24)35-29(32)17-12-23-8-13-26(34-6)14-9-23/h9-20,23H,8H2,1-7H3;8-19H,7,20H2,1-6H3/b18-11+;17-12+. The molecule has 73 heavy (non-hydrogen) atoms. The average Bonchev–Trinajstić information content (AvgIpc) is 3.38. The van der Waals surface area contributed by atoms with E-state index in [0.717, 1.165) is 67.1 Å². The topological polar surface area (TPSA) is 124 Å². The minimum Gasteiger partial charge on any atom is -0.497 e. The Bertz CT molecular complexity index is 2940. The zero-order valence-electron chi connectivity index (χ0n) is 44.6. The van der Waals surface area contributed by atoms with Gasteiger partial charge in [-0.1, -0.05) is 93.6 Å². The van der Waals surface area contributed by atoms with Crippen molar-refractivity contribution in [3.05, 3.63) is 189 Å². The molecular formula is C63H70O10. The van der Waals surface area contributed by atoms with Crippen LogP contribution in [0.5, 0.6) is 34.5 Å². The first-order valence-corrected chi connectivity index (χ1v) is 24.6. The molecule has 6 aromatic carbocycles. The molecule has 10 nitrogen and oxygen atoms in total. The SMILES string of the molecule is CCC(C)(C)C(=O)Oc1ccc(C(C)c2ccc(OC(=O)/C=C/c3ccc(OC)cc3)c(C)c2)cc1C.CCC(C)(C)C(=O)Oc1ccc(Cc2ccc(OC(=O)/C=C/c3ccc(OC)cc3)c(C)c2)cc1C. The maximum Gasteiger partial charge on any atom is 0.336 e. The summed E-state index contributed by atoms with van der Waals surface area (Å²) in [6, 6.07) is 38.2.